The molecule has 0 saturated carbocycles. The second-order valence-electron chi connectivity index (χ2n) is 13.8. The van der Waals surface area contributed by atoms with Gasteiger partial charge in [0, 0.05) is 28.8 Å². The molecule has 3 aromatic rings. The van der Waals surface area contributed by atoms with Crippen molar-refractivity contribution in [2.45, 2.75) is 80.9 Å². The second kappa shape index (κ2) is 14.0. The fourth-order valence-electron chi connectivity index (χ4n) is 8.01. The van der Waals surface area contributed by atoms with E-state index < -0.39 is 50.3 Å². The number of benzene rings is 3. The summed E-state index contributed by atoms with van der Waals surface area (Å²) in [6.07, 6.45) is -8.75. The van der Waals surface area contributed by atoms with Gasteiger partial charge >= 0.3 is 0 Å². The molecule has 2 fully saturated rings. The summed E-state index contributed by atoms with van der Waals surface area (Å²) in [5, 5.41) is 54.1. The third-order valence-corrected chi connectivity index (χ3v) is 15.2. The van der Waals surface area contributed by atoms with Gasteiger partial charge in [0.2, 0.25) is 0 Å². The van der Waals surface area contributed by atoms with Crippen LogP contribution in [-0.2, 0) is 31.2 Å². The quantitative estimate of drug-likeness (QED) is 0.179. The first-order chi connectivity index (χ1) is 23.7. The van der Waals surface area contributed by atoms with E-state index >= 15 is 0 Å². The number of nitrogens with one attached hydrogen (secondary N) is 1. The molecule has 12 nitrogen and oxygen atoms in total. The number of hydrogen-bond acceptors (Lipinski definition) is 10. The number of halogens is 1. The van der Waals surface area contributed by atoms with Gasteiger partial charge in [0.05, 0.1) is 33.5 Å². The van der Waals surface area contributed by atoms with Gasteiger partial charge in [-0.15, -0.1) is 0 Å². The Morgan fingerprint density at radius 3 is 2.32 bits per heavy atom. The highest BCUT2D eigenvalue weighted by Crippen LogP contribution is 2.60. The van der Waals surface area contributed by atoms with Gasteiger partial charge in [-0.1, -0.05) is 61.1 Å². The Balaban J connectivity index is 1.26. The van der Waals surface area contributed by atoms with E-state index in [9.17, 15) is 35.1 Å². The third-order valence-electron chi connectivity index (χ3n) is 10.6. The van der Waals surface area contributed by atoms with Crippen LogP contribution in [0, 0.1) is 5.92 Å². The number of rotatable bonds is 9. The zero-order valence-corrected chi connectivity index (χ0v) is 29.9. The molecule has 1 spiro atoms. The molecule has 268 valence electrons. The fourth-order valence-corrected chi connectivity index (χ4v) is 12.2. The number of carbonyl (C=O) groups excluding carboxylic acids is 2. The van der Waals surface area contributed by atoms with Crippen LogP contribution in [0.4, 0.5) is 11.4 Å². The Morgan fingerprint density at radius 2 is 1.68 bits per heavy atom. The van der Waals surface area contributed by atoms with Crippen LogP contribution in [0.5, 0.6) is 5.75 Å². The number of methoxy groups -OCH3 is 1. The van der Waals surface area contributed by atoms with Crippen LogP contribution in [0.1, 0.15) is 24.5 Å². The lowest BCUT2D eigenvalue weighted by Crippen LogP contribution is -2.60. The van der Waals surface area contributed by atoms with Crippen LogP contribution in [0.15, 0.2) is 66.7 Å². The number of nitrogens with zero attached hydrogens (tertiary/aromatic N) is 1. The van der Waals surface area contributed by atoms with Crippen LogP contribution in [-0.4, -0.2) is 95.9 Å². The molecule has 2 amide bonds. The Bertz CT molecular complexity index is 1730. The van der Waals surface area contributed by atoms with Crippen molar-refractivity contribution in [3.05, 3.63) is 82.9 Å². The maximum absolute atomic E-state index is 14.8. The van der Waals surface area contributed by atoms with E-state index in [4.69, 9.17) is 25.8 Å². The van der Waals surface area contributed by atoms with Crippen LogP contribution < -0.4 is 20.1 Å². The van der Waals surface area contributed by atoms with E-state index in [-0.39, 0.29) is 36.6 Å². The predicted molar refractivity (Wildman–Crippen MR) is 188 cm³/mol. The predicted octanol–water partition coefficient (Wildman–Crippen LogP) is 2.23. The van der Waals surface area contributed by atoms with E-state index in [1.54, 1.807) is 48.4 Å². The Hall–Kier alpha value is -3.37. The number of anilines is 2. The number of aliphatic hydroxyl groups is 5. The van der Waals surface area contributed by atoms with Gasteiger partial charge < -0.3 is 50.0 Å². The number of carbonyl (C=O) groups is 2. The molecule has 3 aliphatic rings. The van der Waals surface area contributed by atoms with Crippen molar-refractivity contribution in [3.8, 4) is 5.75 Å². The Morgan fingerprint density at radius 1 is 1.00 bits per heavy atom. The first kappa shape index (κ1) is 36.4. The van der Waals surface area contributed by atoms with Crippen molar-refractivity contribution in [1.29, 1.82) is 0 Å². The minimum Gasteiger partial charge on any atom is -0.497 e. The summed E-state index contributed by atoms with van der Waals surface area (Å²) in [4.78, 5) is 29.3. The summed E-state index contributed by atoms with van der Waals surface area (Å²) in [6.45, 7) is 6.71. The molecule has 0 aromatic heterocycles. The maximum atomic E-state index is 14.8. The molecule has 50 heavy (non-hydrogen) atoms. The molecule has 14 heteroatoms. The highest BCUT2D eigenvalue weighted by atomic mass is 35.5. The number of amides is 2. The monoisotopic (exact) mass is 726 g/mol. The van der Waals surface area contributed by atoms with Crippen molar-refractivity contribution in [3.63, 3.8) is 0 Å². The smallest absolute Gasteiger partial charge is 0.264 e. The lowest BCUT2D eigenvalue weighted by atomic mass is 9.82. The minimum atomic E-state index is -2.34. The molecule has 9 atom stereocenters. The molecule has 0 aliphatic carbocycles. The Kier molecular flexibility index (Phi) is 10.2. The van der Waals surface area contributed by atoms with E-state index in [1.165, 1.54) is 5.19 Å². The van der Waals surface area contributed by atoms with Crippen LogP contribution in [0.3, 0.4) is 0 Å². The van der Waals surface area contributed by atoms with E-state index in [0.29, 0.717) is 28.4 Å². The van der Waals surface area contributed by atoms with Crippen LogP contribution in [0.2, 0.25) is 23.7 Å². The van der Waals surface area contributed by atoms with Crippen molar-refractivity contribution < 1.29 is 49.3 Å². The SMILES string of the molecule is COc1ccc([Si](C)(C)[C@H]2[C@H](CCO)O[C@@]3(C(=O)N(Cc4ccc(NC(=O)[C@H]5O[C@@H](O)[C@H](O)[C@@H](O)[C@@H]5O)cc4)c4ccc(Cl)cc43)[C@@H]2C)cc1. The van der Waals surface area contributed by atoms with Gasteiger partial charge in [0.25, 0.3) is 11.8 Å². The summed E-state index contributed by atoms with van der Waals surface area (Å²) in [5.41, 5.74) is 1.11. The van der Waals surface area contributed by atoms with Gasteiger partial charge in [0.15, 0.2) is 18.0 Å². The lowest BCUT2D eigenvalue weighted by Gasteiger charge is -2.37. The van der Waals surface area contributed by atoms with E-state index in [0.717, 1.165) is 11.3 Å². The zero-order valence-electron chi connectivity index (χ0n) is 28.2. The summed E-state index contributed by atoms with van der Waals surface area (Å²) < 4.78 is 17.3. The van der Waals surface area contributed by atoms with Gasteiger partial charge in [-0.3, -0.25) is 9.59 Å². The molecule has 3 aromatic carbocycles. The first-order valence-corrected chi connectivity index (χ1v) is 20.0. The maximum Gasteiger partial charge on any atom is 0.264 e. The third kappa shape index (κ3) is 6.14. The average Bonchev–Trinajstić information content (AvgIpc) is 3.52. The highest BCUT2D eigenvalue weighted by Gasteiger charge is 2.66. The molecule has 3 heterocycles. The number of hydrogen-bond donors (Lipinski definition) is 6. The summed E-state index contributed by atoms with van der Waals surface area (Å²) in [5.74, 6) is -0.535. The molecular weight excluding hydrogens is 684 g/mol. The molecule has 2 saturated heterocycles. The normalized spacial score (nSPS) is 30.8. The summed E-state index contributed by atoms with van der Waals surface area (Å²) in [7, 11) is -0.713. The van der Waals surface area contributed by atoms with Crippen molar-refractivity contribution in [2.24, 2.45) is 5.92 Å². The van der Waals surface area contributed by atoms with Crippen LogP contribution >= 0.6 is 11.6 Å². The molecule has 3 aliphatic heterocycles. The van der Waals surface area contributed by atoms with Gasteiger partial charge in [-0.25, -0.2) is 0 Å². The number of fused-ring (bicyclic) bond motifs is 2. The molecule has 0 unspecified atom stereocenters. The minimum absolute atomic E-state index is 0.0289. The lowest BCUT2D eigenvalue weighted by molar-refractivity contribution is -0.274. The highest BCUT2D eigenvalue weighted by molar-refractivity contribution is 6.91. The molecule has 0 radical (unpaired) electrons. The molecule has 6 rings (SSSR count). The van der Waals surface area contributed by atoms with Gasteiger partial charge in [0.1, 0.15) is 24.1 Å². The van der Waals surface area contributed by atoms with Gasteiger partial charge in [-0.05, 0) is 60.0 Å². The van der Waals surface area contributed by atoms with E-state index in [2.05, 4.69) is 37.5 Å². The fraction of sp³-hybridized carbons (Fsp3) is 0.444. The van der Waals surface area contributed by atoms with Gasteiger partial charge in [-0.2, -0.15) is 0 Å². The van der Waals surface area contributed by atoms with Crippen molar-refractivity contribution in [1.82, 2.24) is 0 Å². The summed E-state index contributed by atoms with van der Waals surface area (Å²) in [6, 6.07) is 20.2. The standard InChI is InChI=1S/C36H43ClN2O10Si/c1-19-32(50(3,4)24-12-10-23(47-2)11-13-24)27(15-16-40)49-36(19)25-17-21(37)7-14-26(25)39(35(36)46)18-20-5-8-22(9-6-20)38-33(44)31-29(42)28(41)30(43)34(45)48-31/h5-14,17,19,27-32,34,40-43,45H,15-16,18H2,1-4H3,(H,38,44)/t19-,27+,28+,29+,30-,31+,32-,34-,36+/m1/s1. The average molecular weight is 727 g/mol. The molecule has 6 N–H and O–H groups in total. The van der Waals surface area contributed by atoms with Crippen molar-refractivity contribution >= 4 is 48.1 Å². The molecule has 0 bridgehead atoms. The second-order valence-corrected chi connectivity index (χ2v) is 19.0. The largest absolute Gasteiger partial charge is 0.497 e. The topological polar surface area (TPSA) is 178 Å². The van der Waals surface area contributed by atoms with Crippen molar-refractivity contribution in [2.75, 3.05) is 23.9 Å². The molecular formula is C36H43ClN2O10Si. The zero-order chi connectivity index (χ0) is 36.1. The summed E-state index contributed by atoms with van der Waals surface area (Å²) >= 11 is 6.56. The Labute approximate surface area is 296 Å². The van der Waals surface area contributed by atoms with Crippen LogP contribution in [0.25, 0.3) is 0 Å². The number of ether oxygens (including phenoxy) is 3. The first-order valence-electron chi connectivity index (χ1n) is 16.6. The van der Waals surface area contributed by atoms with E-state index in [1.807, 2.05) is 18.2 Å². The number of aliphatic hydroxyl groups excluding tert-OH is 5.